The van der Waals surface area contributed by atoms with Crippen molar-refractivity contribution in [1.29, 1.82) is 0 Å². The molecule has 11 aromatic rings. The van der Waals surface area contributed by atoms with Crippen molar-refractivity contribution in [2.24, 2.45) is 0 Å². The molecule has 4 nitrogen and oxygen atoms in total. The molecule has 4 heteroatoms. The predicted molar refractivity (Wildman–Crippen MR) is 229 cm³/mol. The molecule has 0 aliphatic rings. The number of fused-ring (bicyclic) bond motifs is 7. The molecule has 0 N–H and O–H groups in total. The molecule has 0 fully saturated rings. The smallest absolute Gasteiger partial charge is 0.227 e. The lowest BCUT2D eigenvalue weighted by Gasteiger charge is -2.27. The van der Waals surface area contributed by atoms with E-state index in [4.69, 9.17) is 9.40 Å². The van der Waals surface area contributed by atoms with Crippen molar-refractivity contribution in [1.82, 2.24) is 9.55 Å². The lowest BCUT2D eigenvalue weighted by Crippen LogP contribution is -2.10. The zero-order chi connectivity index (χ0) is 36.3. The van der Waals surface area contributed by atoms with E-state index in [0.717, 1.165) is 55.7 Å². The van der Waals surface area contributed by atoms with Gasteiger partial charge >= 0.3 is 0 Å². The lowest BCUT2D eigenvalue weighted by atomic mass is 9.98. The fourth-order valence-corrected chi connectivity index (χ4v) is 8.27. The molecule has 0 aliphatic carbocycles. The number of benzene rings is 9. The van der Waals surface area contributed by atoms with Crippen molar-refractivity contribution in [3.8, 4) is 28.3 Å². The van der Waals surface area contributed by atoms with Crippen molar-refractivity contribution in [2.75, 3.05) is 4.90 Å². The molecule has 0 atom stereocenters. The average Bonchev–Trinajstić information content (AvgIpc) is 3.85. The number of nitrogens with zero attached hydrogens (tertiary/aromatic N) is 3. The second kappa shape index (κ2) is 12.6. The summed E-state index contributed by atoms with van der Waals surface area (Å²) in [5.41, 5.74) is 11.6. The fraction of sp³-hybridized carbons (Fsp3) is 0. The first-order valence-corrected chi connectivity index (χ1v) is 18.6. The van der Waals surface area contributed by atoms with E-state index in [1.807, 2.05) is 30.3 Å². The van der Waals surface area contributed by atoms with Gasteiger partial charge in [-0.1, -0.05) is 127 Å². The van der Waals surface area contributed by atoms with Crippen molar-refractivity contribution in [3.05, 3.63) is 200 Å². The van der Waals surface area contributed by atoms with Gasteiger partial charge in [0.15, 0.2) is 5.58 Å². The van der Waals surface area contributed by atoms with Crippen LogP contribution in [0, 0.1) is 0 Å². The summed E-state index contributed by atoms with van der Waals surface area (Å²) in [6, 6.07) is 71.1. The third-order valence-corrected chi connectivity index (χ3v) is 10.8. The van der Waals surface area contributed by atoms with Crippen LogP contribution < -0.4 is 4.90 Å². The highest BCUT2D eigenvalue weighted by atomic mass is 16.3. The van der Waals surface area contributed by atoms with Gasteiger partial charge in [-0.05, 0) is 94.7 Å². The van der Waals surface area contributed by atoms with E-state index in [1.54, 1.807) is 0 Å². The van der Waals surface area contributed by atoms with E-state index in [1.165, 1.54) is 38.2 Å². The Balaban J connectivity index is 1.14. The van der Waals surface area contributed by atoms with Gasteiger partial charge in [-0.3, -0.25) is 0 Å². The average molecular weight is 704 g/mol. The van der Waals surface area contributed by atoms with Crippen LogP contribution in [-0.4, -0.2) is 9.55 Å². The number of hydrogen-bond donors (Lipinski definition) is 0. The summed E-state index contributed by atoms with van der Waals surface area (Å²) >= 11 is 0. The van der Waals surface area contributed by atoms with Crippen LogP contribution in [0.15, 0.2) is 205 Å². The largest absolute Gasteiger partial charge is 0.435 e. The Kier molecular flexibility index (Phi) is 7.14. The minimum atomic E-state index is 0.619. The second-order valence-electron chi connectivity index (χ2n) is 14.0. The van der Waals surface area contributed by atoms with Crippen LogP contribution in [0.2, 0.25) is 0 Å². The maximum Gasteiger partial charge on any atom is 0.227 e. The molecular weight excluding hydrogens is 671 g/mol. The molecule has 9 aromatic carbocycles. The van der Waals surface area contributed by atoms with Crippen LogP contribution in [0.5, 0.6) is 0 Å². The number of anilines is 3. The first-order valence-electron chi connectivity index (χ1n) is 18.6. The highest BCUT2D eigenvalue weighted by molar-refractivity contribution is 6.12. The Bertz CT molecular complexity index is 3190. The first-order chi connectivity index (χ1) is 27.3. The lowest BCUT2D eigenvalue weighted by molar-refractivity contribution is 0.623. The summed E-state index contributed by atoms with van der Waals surface area (Å²) < 4.78 is 8.91. The van der Waals surface area contributed by atoms with Gasteiger partial charge in [0.2, 0.25) is 5.89 Å². The first kappa shape index (κ1) is 31.1. The Morgan fingerprint density at radius 2 is 1.09 bits per heavy atom. The summed E-state index contributed by atoms with van der Waals surface area (Å²) in [5.74, 6) is 0.619. The van der Waals surface area contributed by atoms with E-state index in [-0.39, 0.29) is 0 Å². The summed E-state index contributed by atoms with van der Waals surface area (Å²) in [5, 5.41) is 7.01. The maximum atomic E-state index is 6.54. The van der Waals surface area contributed by atoms with Crippen molar-refractivity contribution in [2.45, 2.75) is 0 Å². The highest BCUT2D eigenvalue weighted by Crippen LogP contribution is 2.44. The van der Waals surface area contributed by atoms with Gasteiger partial charge in [-0.15, -0.1) is 0 Å². The Morgan fingerprint density at radius 3 is 1.95 bits per heavy atom. The molecule has 0 radical (unpaired) electrons. The molecule has 258 valence electrons. The molecule has 0 saturated carbocycles. The zero-order valence-corrected chi connectivity index (χ0v) is 29.8. The number of aromatic nitrogens is 2. The van der Waals surface area contributed by atoms with Gasteiger partial charge in [0.1, 0.15) is 5.52 Å². The van der Waals surface area contributed by atoms with Gasteiger partial charge in [-0.2, -0.15) is 0 Å². The van der Waals surface area contributed by atoms with Gasteiger partial charge in [0.05, 0.1) is 16.7 Å². The molecule has 0 aliphatic heterocycles. The molecular formula is C51H33N3O. The molecule has 0 spiro atoms. The number of oxazole rings is 1. The second-order valence-corrected chi connectivity index (χ2v) is 14.0. The molecule has 11 rings (SSSR count). The van der Waals surface area contributed by atoms with Crippen molar-refractivity contribution < 1.29 is 4.42 Å². The van der Waals surface area contributed by atoms with Crippen LogP contribution in [0.25, 0.3) is 82.7 Å². The van der Waals surface area contributed by atoms with E-state index >= 15 is 0 Å². The molecule has 0 unspecified atom stereocenters. The van der Waals surface area contributed by atoms with Crippen LogP contribution in [0.3, 0.4) is 0 Å². The van der Waals surface area contributed by atoms with Gasteiger partial charge in [0.25, 0.3) is 0 Å². The molecule has 0 bridgehead atoms. The normalized spacial score (nSPS) is 11.6. The monoisotopic (exact) mass is 703 g/mol. The Morgan fingerprint density at radius 1 is 0.436 bits per heavy atom. The fourth-order valence-electron chi connectivity index (χ4n) is 8.27. The molecule has 2 heterocycles. The van der Waals surface area contributed by atoms with Gasteiger partial charge in [-0.25, -0.2) is 4.98 Å². The standard InChI is InChI=1S/C51H33N3O/c1-3-14-36(15-4-1)51-52-46-32-31-44-45(50(46)55-51)22-12-24-47(44)53(38-27-25-35(26-28-38)41-21-11-16-34-13-7-8-19-40(34)41)39-29-30-43-42-20-9-10-23-48(42)54(49(43)33-39)37-17-5-2-6-18-37/h1-33H. The van der Waals surface area contributed by atoms with E-state index in [9.17, 15) is 0 Å². The maximum absolute atomic E-state index is 6.54. The third-order valence-electron chi connectivity index (χ3n) is 10.8. The van der Waals surface area contributed by atoms with Crippen molar-refractivity contribution >= 4 is 71.5 Å². The van der Waals surface area contributed by atoms with Crippen molar-refractivity contribution in [3.63, 3.8) is 0 Å². The topological polar surface area (TPSA) is 34.2 Å². The Hall–Kier alpha value is -7.43. The number of para-hydroxylation sites is 2. The van der Waals surface area contributed by atoms with E-state index < -0.39 is 0 Å². The van der Waals surface area contributed by atoms with Gasteiger partial charge in [0, 0.05) is 44.2 Å². The van der Waals surface area contributed by atoms with Crippen LogP contribution in [0.1, 0.15) is 0 Å². The minimum Gasteiger partial charge on any atom is -0.435 e. The number of rotatable bonds is 6. The minimum absolute atomic E-state index is 0.619. The molecule has 55 heavy (non-hydrogen) atoms. The van der Waals surface area contributed by atoms with E-state index in [0.29, 0.717) is 5.89 Å². The summed E-state index contributed by atoms with van der Waals surface area (Å²) in [4.78, 5) is 7.27. The molecule has 0 amide bonds. The van der Waals surface area contributed by atoms with Gasteiger partial charge < -0.3 is 13.9 Å². The quantitative estimate of drug-likeness (QED) is 0.173. The summed E-state index contributed by atoms with van der Waals surface area (Å²) in [6.45, 7) is 0. The van der Waals surface area contributed by atoms with Crippen LogP contribution in [0.4, 0.5) is 17.1 Å². The Labute approximate surface area is 317 Å². The van der Waals surface area contributed by atoms with E-state index in [2.05, 4.69) is 179 Å². The number of hydrogen-bond acceptors (Lipinski definition) is 3. The molecule has 0 saturated heterocycles. The predicted octanol–water partition coefficient (Wildman–Crippen LogP) is 14.0. The SMILES string of the molecule is c1ccc(-c2nc3ccc4c(N(c5ccc(-c6cccc7ccccc67)cc5)c5ccc6c7ccccc7n(-c7ccccc7)c6c5)cccc4c3o2)cc1. The summed E-state index contributed by atoms with van der Waals surface area (Å²) in [6.07, 6.45) is 0. The molecule has 2 aromatic heterocycles. The zero-order valence-electron chi connectivity index (χ0n) is 29.8. The van der Waals surface area contributed by atoms with Crippen LogP contribution in [-0.2, 0) is 0 Å². The summed E-state index contributed by atoms with van der Waals surface area (Å²) in [7, 11) is 0. The van der Waals surface area contributed by atoms with Crippen LogP contribution >= 0.6 is 0 Å². The highest BCUT2D eigenvalue weighted by Gasteiger charge is 2.21. The third kappa shape index (κ3) is 5.11.